The Morgan fingerprint density at radius 1 is 1.19 bits per heavy atom. The molecule has 0 unspecified atom stereocenters. The standard InChI is InChI=1S/C23H22FN3O3S/c1-14(19-11-18(29-2)8-9-21(19)30-3)25-22(28)10-17-13-31-23-26-20(12-27(17)23)15-4-6-16(24)7-5-15/h4-9,11-14H,10H2,1-3H3,(H,25,28)/t14-/m1/s1. The van der Waals surface area contributed by atoms with Crippen LogP contribution in [-0.2, 0) is 11.2 Å². The lowest BCUT2D eigenvalue weighted by Gasteiger charge is -2.18. The maximum absolute atomic E-state index is 13.2. The maximum atomic E-state index is 13.2. The molecule has 8 heteroatoms. The summed E-state index contributed by atoms with van der Waals surface area (Å²) < 4.78 is 25.8. The van der Waals surface area contributed by atoms with E-state index in [4.69, 9.17) is 9.47 Å². The van der Waals surface area contributed by atoms with E-state index < -0.39 is 0 Å². The number of hydrogen-bond donors (Lipinski definition) is 1. The molecule has 1 amide bonds. The molecule has 0 fully saturated rings. The molecule has 160 valence electrons. The number of carbonyl (C=O) groups is 1. The molecule has 31 heavy (non-hydrogen) atoms. The third-order valence-corrected chi connectivity index (χ3v) is 5.93. The van der Waals surface area contributed by atoms with Crippen molar-refractivity contribution in [3.63, 3.8) is 0 Å². The van der Waals surface area contributed by atoms with Gasteiger partial charge in [-0.15, -0.1) is 11.3 Å². The minimum Gasteiger partial charge on any atom is -0.497 e. The van der Waals surface area contributed by atoms with Crippen molar-refractivity contribution in [2.24, 2.45) is 0 Å². The molecule has 1 atom stereocenters. The molecule has 2 aromatic carbocycles. The number of halogens is 1. The topological polar surface area (TPSA) is 64.9 Å². The van der Waals surface area contributed by atoms with Crippen LogP contribution >= 0.6 is 11.3 Å². The van der Waals surface area contributed by atoms with Crippen LogP contribution in [0.25, 0.3) is 16.2 Å². The Bertz CT molecular complexity index is 1220. The molecule has 0 aliphatic heterocycles. The van der Waals surface area contributed by atoms with Crippen molar-refractivity contribution in [1.29, 1.82) is 0 Å². The molecule has 0 radical (unpaired) electrons. The lowest BCUT2D eigenvalue weighted by Crippen LogP contribution is -2.28. The van der Waals surface area contributed by atoms with Crippen molar-refractivity contribution in [2.45, 2.75) is 19.4 Å². The van der Waals surface area contributed by atoms with Gasteiger partial charge in [-0.25, -0.2) is 9.37 Å². The third kappa shape index (κ3) is 4.39. The summed E-state index contributed by atoms with van der Waals surface area (Å²) in [5.74, 6) is 0.978. The predicted molar refractivity (Wildman–Crippen MR) is 118 cm³/mol. The molecule has 4 rings (SSSR count). The lowest BCUT2D eigenvalue weighted by molar-refractivity contribution is -0.121. The van der Waals surface area contributed by atoms with E-state index in [2.05, 4.69) is 10.3 Å². The monoisotopic (exact) mass is 439 g/mol. The first kappa shape index (κ1) is 20.9. The first-order valence-electron chi connectivity index (χ1n) is 9.71. The second-order valence-electron chi connectivity index (χ2n) is 7.09. The van der Waals surface area contributed by atoms with Crippen LogP contribution in [0.3, 0.4) is 0 Å². The molecule has 0 bridgehead atoms. The summed E-state index contributed by atoms with van der Waals surface area (Å²) in [7, 11) is 3.20. The maximum Gasteiger partial charge on any atom is 0.226 e. The van der Waals surface area contributed by atoms with Gasteiger partial charge in [-0.3, -0.25) is 9.20 Å². The van der Waals surface area contributed by atoms with E-state index in [0.29, 0.717) is 11.5 Å². The van der Waals surface area contributed by atoms with Gasteiger partial charge in [-0.2, -0.15) is 0 Å². The molecule has 1 N–H and O–H groups in total. The molecular weight excluding hydrogens is 417 g/mol. The minimum atomic E-state index is -0.288. The van der Waals surface area contributed by atoms with Crippen molar-refractivity contribution in [2.75, 3.05) is 14.2 Å². The zero-order chi connectivity index (χ0) is 22.0. The molecule has 0 saturated heterocycles. The number of imidazole rings is 1. The molecule has 0 saturated carbocycles. The number of thiazole rings is 1. The Morgan fingerprint density at radius 3 is 2.68 bits per heavy atom. The predicted octanol–water partition coefficient (Wildman–Crippen LogP) is 4.64. The fourth-order valence-corrected chi connectivity index (χ4v) is 4.30. The number of benzene rings is 2. The van der Waals surface area contributed by atoms with Crippen LogP contribution in [0.2, 0.25) is 0 Å². The molecule has 4 aromatic rings. The molecule has 0 spiro atoms. The third-order valence-electron chi connectivity index (χ3n) is 5.05. The minimum absolute atomic E-state index is 0.117. The van der Waals surface area contributed by atoms with Crippen molar-refractivity contribution in [3.8, 4) is 22.8 Å². The Balaban J connectivity index is 1.50. The van der Waals surface area contributed by atoms with Gasteiger partial charge in [0, 0.05) is 28.4 Å². The van der Waals surface area contributed by atoms with Gasteiger partial charge in [0.2, 0.25) is 5.91 Å². The summed E-state index contributed by atoms with van der Waals surface area (Å²) in [4.78, 5) is 18.1. The number of nitrogens with one attached hydrogen (secondary N) is 1. The second kappa shape index (κ2) is 8.77. The van der Waals surface area contributed by atoms with Gasteiger partial charge in [0.25, 0.3) is 0 Å². The summed E-state index contributed by atoms with van der Waals surface area (Å²) in [5.41, 5.74) is 3.24. The van der Waals surface area contributed by atoms with Crippen molar-refractivity contribution in [1.82, 2.24) is 14.7 Å². The first-order valence-corrected chi connectivity index (χ1v) is 10.6. The van der Waals surface area contributed by atoms with Crippen LogP contribution in [0.1, 0.15) is 24.2 Å². The molecule has 2 aromatic heterocycles. The number of carbonyl (C=O) groups excluding carboxylic acids is 1. The van der Waals surface area contributed by atoms with Gasteiger partial charge < -0.3 is 14.8 Å². The number of ether oxygens (including phenoxy) is 2. The molecule has 6 nitrogen and oxygen atoms in total. The molecular formula is C23H22FN3O3S. The zero-order valence-electron chi connectivity index (χ0n) is 17.4. The summed E-state index contributed by atoms with van der Waals surface area (Å²) in [6, 6.07) is 11.4. The van der Waals surface area contributed by atoms with E-state index in [9.17, 15) is 9.18 Å². The van der Waals surface area contributed by atoms with Crippen LogP contribution in [0.15, 0.2) is 54.0 Å². The highest BCUT2D eigenvalue weighted by Gasteiger charge is 2.17. The van der Waals surface area contributed by atoms with E-state index in [1.807, 2.05) is 41.1 Å². The van der Waals surface area contributed by atoms with Crippen LogP contribution in [-0.4, -0.2) is 29.5 Å². The fraction of sp³-hybridized carbons (Fsp3) is 0.217. The highest BCUT2D eigenvalue weighted by atomic mass is 32.1. The van der Waals surface area contributed by atoms with E-state index in [1.165, 1.54) is 23.5 Å². The van der Waals surface area contributed by atoms with Gasteiger partial charge in [-0.05, 0) is 49.4 Å². The van der Waals surface area contributed by atoms with Crippen LogP contribution < -0.4 is 14.8 Å². The fourth-order valence-electron chi connectivity index (χ4n) is 3.43. The highest BCUT2D eigenvalue weighted by Crippen LogP contribution is 2.29. The van der Waals surface area contributed by atoms with Gasteiger partial charge in [0.1, 0.15) is 17.3 Å². The van der Waals surface area contributed by atoms with Crippen molar-refractivity contribution in [3.05, 3.63) is 71.1 Å². The number of fused-ring (bicyclic) bond motifs is 1. The van der Waals surface area contributed by atoms with Gasteiger partial charge in [-0.1, -0.05) is 0 Å². The normalized spacial score (nSPS) is 12.0. The zero-order valence-corrected chi connectivity index (χ0v) is 18.2. The molecule has 0 aliphatic carbocycles. The number of rotatable bonds is 7. The number of aromatic nitrogens is 2. The largest absolute Gasteiger partial charge is 0.497 e. The van der Waals surface area contributed by atoms with Gasteiger partial charge in [0.05, 0.1) is 32.4 Å². The van der Waals surface area contributed by atoms with Crippen molar-refractivity contribution >= 4 is 22.2 Å². The van der Waals surface area contributed by atoms with Gasteiger partial charge >= 0.3 is 0 Å². The van der Waals surface area contributed by atoms with Crippen LogP contribution in [0, 0.1) is 5.82 Å². The number of methoxy groups -OCH3 is 2. The van der Waals surface area contributed by atoms with Crippen LogP contribution in [0.4, 0.5) is 4.39 Å². The van der Waals surface area contributed by atoms with E-state index >= 15 is 0 Å². The Labute approximate surface area is 183 Å². The quantitative estimate of drug-likeness (QED) is 0.456. The number of amides is 1. The van der Waals surface area contributed by atoms with Gasteiger partial charge in [0.15, 0.2) is 4.96 Å². The average molecular weight is 440 g/mol. The number of nitrogens with zero attached hydrogens (tertiary/aromatic N) is 2. The van der Waals surface area contributed by atoms with E-state index in [0.717, 1.165) is 27.5 Å². The smallest absolute Gasteiger partial charge is 0.226 e. The SMILES string of the molecule is COc1ccc(OC)c([C@@H](C)NC(=O)Cc2csc3nc(-c4ccc(F)cc4)cn23)c1. The lowest BCUT2D eigenvalue weighted by atomic mass is 10.1. The van der Waals surface area contributed by atoms with Crippen LogP contribution in [0.5, 0.6) is 11.5 Å². The van der Waals surface area contributed by atoms with E-state index in [-0.39, 0.29) is 24.2 Å². The Hall–Kier alpha value is -3.39. The summed E-state index contributed by atoms with van der Waals surface area (Å²) in [6.07, 6.45) is 2.08. The van der Waals surface area contributed by atoms with E-state index in [1.54, 1.807) is 26.4 Å². The second-order valence-corrected chi connectivity index (χ2v) is 7.92. The van der Waals surface area contributed by atoms with Crippen molar-refractivity contribution < 1.29 is 18.7 Å². The molecule has 0 aliphatic rings. The highest BCUT2D eigenvalue weighted by molar-refractivity contribution is 7.15. The summed E-state index contributed by atoms with van der Waals surface area (Å²) >= 11 is 1.46. The molecule has 2 heterocycles. The summed E-state index contributed by atoms with van der Waals surface area (Å²) in [5, 5.41) is 4.95. The Kier molecular flexibility index (Phi) is 5.90. The first-order chi connectivity index (χ1) is 15.0. The number of hydrogen-bond acceptors (Lipinski definition) is 5. The Morgan fingerprint density at radius 2 is 1.97 bits per heavy atom. The average Bonchev–Trinajstić information content (AvgIpc) is 3.35. The summed E-state index contributed by atoms with van der Waals surface area (Å²) in [6.45, 7) is 1.91.